The van der Waals surface area contributed by atoms with E-state index in [0.717, 1.165) is 30.9 Å². The van der Waals surface area contributed by atoms with Crippen molar-refractivity contribution < 1.29 is 17.9 Å². The number of aromatic nitrogens is 3. The van der Waals surface area contributed by atoms with Crippen molar-refractivity contribution >= 4 is 17.4 Å². The van der Waals surface area contributed by atoms with Crippen LogP contribution in [0.15, 0.2) is 24.7 Å². The van der Waals surface area contributed by atoms with E-state index >= 15 is 0 Å². The Morgan fingerprint density at radius 2 is 2.17 bits per heavy atom. The van der Waals surface area contributed by atoms with E-state index in [1.165, 1.54) is 0 Å². The Hall–Kier alpha value is -1.80. The van der Waals surface area contributed by atoms with Crippen LogP contribution >= 0.6 is 11.6 Å². The minimum Gasteiger partial charge on any atom is -0.368 e. The summed E-state index contributed by atoms with van der Waals surface area (Å²) in [6.45, 7) is 0.601. The van der Waals surface area contributed by atoms with Crippen molar-refractivity contribution in [1.29, 1.82) is 0 Å². The number of imidazole rings is 1. The van der Waals surface area contributed by atoms with Crippen LogP contribution in [-0.2, 0) is 18.0 Å². The molecule has 3 heterocycles. The number of alkyl halides is 3. The number of nitrogens with zero attached hydrogens (tertiary/aromatic N) is 3. The van der Waals surface area contributed by atoms with E-state index < -0.39 is 11.7 Å². The maximum absolute atomic E-state index is 12.7. The number of halogens is 4. The standard InChI is InChI=1S/C15H16ClF3N4O/c1-23-5-4-20-14(23)12-11(3-2-6-24-12)22-13-10(16)7-9(8-21-13)15(17,18)19/h4-5,7-8,11-12H,2-3,6H2,1H3,(H,21,22)/t11-,12-/m0/s1. The third-order valence-corrected chi connectivity index (χ3v) is 4.21. The molecule has 0 aromatic carbocycles. The molecular formula is C15H16ClF3N4O. The molecular weight excluding hydrogens is 345 g/mol. The van der Waals surface area contributed by atoms with Crippen molar-refractivity contribution in [3.05, 3.63) is 41.1 Å². The fourth-order valence-electron chi connectivity index (χ4n) is 2.71. The fraction of sp³-hybridized carbons (Fsp3) is 0.467. The molecule has 0 radical (unpaired) electrons. The average molecular weight is 361 g/mol. The zero-order valence-corrected chi connectivity index (χ0v) is 13.6. The molecule has 1 N–H and O–H groups in total. The first-order chi connectivity index (χ1) is 11.4. The van der Waals surface area contributed by atoms with Crippen LogP contribution in [0.3, 0.4) is 0 Å². The number of rotatable bonds is 3. The minimum atomic E-state index is -4.47. The predicted octanol–water partition coefficient (Wildman–Crippen LogP) is 3.82. The number of aryl methyl sites for hydroxylation is 1. The molecule has 0 aliphatic carbocycles. The molecule has 1 saturated heterocycles. The SMILES string of the molecule is Cn1ccnc1[C@H]1OCCC[C@@H]1Nc1ncc(C(F)(F)F)cc1Cl. The van der Waals surface area contributed by atoms with Crippen LogP contribution in [0, 0.1) is 0 Å². The topological polar surface area (TPSA) is 52.0 Å². The second-order valence-corrected chi connectivity index (χ2v) is 6.04. The molecule has 9 heteroatoms. The smallest absolute Gasteiger partial charge is 0.368 e. The van der Waals surface area contributed by atoms with Gasteiger partial charge in [0.2, 0.25) is 0 Å². The molecule has 2 aromatic rings. The number of hydrogen-bond donors (Lipinski definition) is 1. The molecule has 130 valence electrons. The van der Waals surface area contributed by atoms with Gasteiger partial charge in [0.15, 0.2) is 0 Å². The number of ether oxygens (including phenoxy) is 1. The summed E-state index contributed by atoms with van der Waals surface area (Å²) >= 11 is 5.97. The molecule has 0 saturated carbocycles. The van der Waals surface area contributed by atoms with E-state index in [0.29, 0.717) is 6.61 Å². The summed E-state index contributed by atoms with van der Waals surface area (Å²) in [5, 5.41) is 3.03. The molecule has 5 nitrogen and oxygen atoms in total. The maximum atomic E-state index is 12.7. The van der Waals surface area contributed by atoms with Crippen LogP contribution in [0.1, 0.15) is 30.3 Å². The summed E-state index contributed by atoms with van der Waals surface area (Å²) in [6, 6.07) is 0.692. The minimum absolute atomic E-state index is 0.0750. The van der Waals surface area contributed by atoms with E-state index in [1.807, 2.05) is 17.8 Å². The Morgan fingerprint density at radius 1 is 1.38 bits per heavy atom. The monoisotopic (exact) mass is 360 g/mol. The van der Waals surface area contributed by atoms with Gasteiger partial charge in [0.1, 0.15) is 17.7 Å². The highest BCUT2D eigenvalue weighted by molar-refractivity contribution is 6.33. The van der Waals surface area contributed by atoms with Gasteiger partial charge in [-0.15, -0.1) is 0 Å². The van der Waals surface area contributed by atoms with Crippen LogP contribution in [0.4, 0.5) is 19.0 Å². The molecule has 2 aromatic heterocycles. The largest absolute Gasteiger partial charge is 0.417 e. The summed E-state index contributed by atoms with van der Waals surface area (Å²) in [5.74, 6) is 0.953. The van der Waals surface area contributed by atoms with Gasteiger partial charge in [0.05, 0.1) is 16.6 Å². The molecule has 1 aliphatic rings. The lowest BCUT2D eigenvalue weighted by molar-refractivity contribution is -0.137. The zero-order valence-electron chi connectivity index (χ0n) is 12.8. The van der Waals surface area contributed by atoms with E-state index in [1.54, 1.807) is 6.20 Å². The van der Waals surface area contributed by atoms with Crippen molar-refractivity contribution in [2.24, 2.45) is 7.05 Å². The fourth-order valence-corrected chi connectivity index (χ4v) is 2.93. The molecule has 1 fully saturated rings. The summed E-state index contributed by atoms with van der Waals surface area (Å²) in [7, 11) is 1.86. The number of hydrogen-bond acceptors (Lipinski definition) is 4. The summed E-state index contributed by atoms with van der Waals surface area (Å²) in [5.41, 5.74) is -0.876. The molecule has 1 aliphatic heterocycles. The van der Waals surface area contributed by atoms with Crippen LogP contribution in [0.5, 0.6) is 0 Å². The number of anilines is 1. The van der Waals surface area contributed by atoms with E-state index in [2.05, 4.69) is 15.3 Å². The predicted molar refractivity (Wildman–Crippen MR) is 82.8 cm³/mol. The molecule has 3 rings (SSSR count). The Labute approximate surface area is 141 Å². The van der Waals surface area contributed by atoms with Gasteiger partial charge in [-0.2, -0.15) is 13.2 Å². The van der Waals surface area contributed by atoms with Crippen LogP contribution < -0.4 is 5.32 Å². The summed E-state index contributed by atoms with van der Waals surface area (Å²) in [6.07, 6.45) is 1.07. The molecule has 0 unspecified atom stereocenters. The van der Waals surface area contributed by atoms with Crippen molar-refractivity contribution in [2.75, 3.05) is 11.9 Å². The Bertz CT molecular complexity index is 719. The van der Waals surface area contributed by atoms with Gasteiger partial charge in [-0.1, -0.05) is 11.6 Å². The van der Waals surface area contributed by atoms with Crippen LogP contribution in [0.2, 0.25) is 5.02 Å². The van der Waals surface area contributed by atoms with Gasteiger partial charge in [-0.3, -0.25) is 0 Å². The van der Waals surface area contributed by atoms with Crippen molar-refractivity contribution in [3.63, 3.8) is 0 Å². The second kappa shape index (κ2) is 6.60. The first-order valence-electron chi connectivity index (χ1n) is 7.44. The highest BCUT2D eigenvalue weighted by Crippen LogP contribution is 2.34. The summed E-state index contributed by atoms with van der Waals surface area (Å²) in [4.78, 5) is 8.13. The second-order valence-electron chi connectivity index (χ2n) is 5.63. The van der Waals surface area contributed by atoms with Gasteiger partial charge in [0, 0.05) is 32.2 Å². The highest BCUT2D eigenvalue weighted by atomic mass is 35.5. The number of nitrogens with one attached hydrogen (secondary N) is 1. The molecule has 24 heavy (non-hydrogen) atoms. The lowest BCUT2D eigenvalue weighted by Crippen LogP contribution is -2.35. The number of pyridine rings is 1. The quantitative estimate of drug-likeness (QED) is 0.904. The third-order valence-electron chi connectivity index (χ3n) is 3.93. The normalized spacial score (nSPS) is 21.7. The van der Waals surface area contributed by atoms with Crippen LogP contribution in [-0.4, -0.2) is 27.2 Å². The van der Waals surface area contributed by atoms with Gasteiger partial charge in [-0.05, 0) is 18.9 Å². The van der Waals surface area contributed by atoms with Crippen molar-refractivity contribution in [3.8, 4) is 0 Å². The highest BCUT2D eigenvalue weighted by Gasteiger charge is 2.33. The molecule has 0 bridgehead atoms. The van der Waals surface area contributed by atoms with Crippen molar-refractivity contribution in [2.45, 2.75) is 31.2 Å². The van der Waals surface area contributed by atoms with E-state index in [9.17, 15) is 13.2 Å². The molecule has 0 amide bonds. The first kappa shape index (κ1) is 17.0. The first-order valence-corrected chi connectivity index (χ1v) is 7.82. The van der Waals surface area contributed by atoms with Gasteiger partial charge < -0.3 is 14.6 Å². The van der Waals surface area contributed by atoms with Gasteiger partial charge in [0.25, 0.3) is 0 Å². The van der Waals surface area contributed by atoms with Crippen LogP contribution in [0.25, 0.3) is 0 Å². The molecule has 2 atom stereocenters. The van der Waals surface area contributed by atoms with E-state index in [4.69, 9.17) is 16.3 Å². The lowest BCUT2D eigenvalue weighted by Gasteiger charge is -2.32. The van der Waals surface area contributed by atoms with Crippen molar-refractivity contribution in [1.82, 2.24) is 14.5 Å². The Balaban J connectivity index is 1.82. The van der Waals surface area contributed by atoms with E-state index in [-0.39, 0.29) is 23.0 Å². The average Bonchev–Trinajstić information content (AvgIpc) is 2.95. The zero-order chi connectivity index (χ0) is 17.3. The van der Waals surface area contributed by atoms with Gasteiger partial charge in [-0.25, -0.2) is 9.97 Å². The van der Waals surface area contributed by atoms with Gasteiger partial charge >= 0.3 is 6.18 Å². The summed E-state index contributed by atoms with van der Waals surface area (Å²) < 4.78 is 45.8. The Kier molecular flexibility index (Phi) is 4.69. The third kappa shape index (κ3) is 3.49. The lowest BCUT2D eigenvalue weighted by atomic mass is 10.0. The molecule has 0 spiro atoms. The maximum Gasteiger partial charge on any atom is 0.417 e. The Morgan fingerprint density at radius 3 is 2.79 bits per heavy atom.